The molecule has 0 spiro atoms. The number of halogens is 1. The van der Waals surface area contributed by atoms with Gasteiger partial charge in [-0.25, -0.2) is 4.39 Å². The van der Waals surface area contributed by atoms with Crippen LogP contribution in [0.25, 0.3) is 0 Å². The van der Waals surface area contributed by atoms with E-state index in [9.17, 15) is 4.39 Å². The second kappa shape index (κ2) is 5.86. The molecule has 2 nitrogen and oxygen atoms in total. The highest BCUT2D eigenvalue weighted by Crippen LogP contribution is 2.31. The van der Waals surface area contributed by atoms with Crippen LogP contribution >= 0.6 is 0 Å². The molecule has 1 aliphatic rings. The fourth-order valence-corrected chi connectivity index (χ4v) is 3.21. The minimum Gasteiger partial charge on any atom is -0.367 e. The molecule has 0 aromatic heterocycles. The van der Waals surface area contributed by atoms with Crippen molar-refractivity contribution in [3.63, 3.8) is 0 Å². The first-order valence-corrected chi connectivity index (χ1v) is 7.45. The predicted molar refractivity (Wildman–Crippen MR) is 85.1 cm³/mol. The Balaban J connectivity index is 1.87. The van der Waals surface area contributed by atoms with E-state index in [0.29, 0.717) is 18.2 Å². The van der Waals surface area contributed by atoms with E-state index in [4.69, 9.17) is 5.73 Å². The van der Waals surface area contributed by atoms with Crippen molar-refractivity contribution in [1.29, 1.82) is 0 Å². The summed E-state index contributed by atoms with van der Waals surface area (Å²) in [7, 11) is 0. The molecule has 110 valence electrons. The number of aryl methyl sites for hydroxylation is 1. The maximum Gasteiger partial charge on any atom is 0.146 e. The van der Waals surface area contributed by atoms with Crippen molar-refractivity contribution >= 4 is 5.69 Å². The maximum atomic E-state index is 14.0. The lowest BCUT2D eigenvalue weighted by atomic mass is 9.87. The summed E-state index contributed by atoms with van der Waals surface area (Å²) in [5.74, 6) is 0.183. The molecule has 1 aliphatic heterocycles. The summed E-state index contributed by atoms with van der Waals surface area (Å²) in [5, 5.41) is 0. The molecule has 3 heteroatoms. The van der Waals surface area contributed by atoms with Crippen molar-refractivity contribution in [3.05, 3.63) is 65.5 Å². The van der Waals surface area contributed by atoms with Crippen molar-refractivity contribution in [2.75, 3.05) is 18.0 Å². The Hall–Kier alpha value is -1.87. The van der Waals surface area contributed by atoms with Crippen LogP contribution in [0.2, 0.25) is 0 Å². The number of para-hydroxylation sites is 1. The molecule has 0 saturated carbocycles. The van der Waals surface area contributed by atoms with Gasteiger partial charge in [0.05, 0.1) is 5.69 Å². The van der Waals surface area contributed by atoms with Crippen LogP contribution in [0, 0.1) is 12.7 Å². The van der Waals surface area contributed by atoms with Crippen LogP contribution in [0.3, 0.4) is 0 Å². The molecule has 21 heavy (non-hydrogen) atoms. The van der Waals surface area contributed by atoms with Gasteiger partial charge in [0.2, 0.25) is 0 Å². The number of hydrogen-bond acceptors (Lipinski definition) is 2. The number of hydrogen-bond donors (Lipinski definition) is 1. The Labute approximate surface area is 125 Å². The monoisotopic (exact) mass is 284 g/mol. The van der Waals surface area contributed by atoms with E-state index >= 15 is 0 Å². The minimum atomic E-state index is -0.172. The summed E-state index contributed by atoms with van der Waals surface area (Å²) in [5.41, 5.74) is 9.42. The summed E-state index contributed by atoms with van der Waals surface area (Å²) in [6, 6.07) is 15.6. The van der Waals surface area contributed by atoms with Gasteiger partial charge >= 0.3 is 0 Å². The van der Waals surface area contributed by atoms with E-state index in [1.807, 2.05) is 12.1 Å². The molecule has 1 heterocycles. The lowest BCUT2D eigenvalue weighted by molar-refractivity contribution is 0.449. The summed E-state index contributed by atoms with van der Waals surface area (Å²) >= 11 is 0. The van der Waals surface area contributed by atoms with Gasteiger partial charge in [0.15, 0.2) is 0 Å². The fourth-order valence-electron chi connectivity index (χ4n) is 3.21. The lowest BCUT2D eigenvalue weighted by Crippen LogP contribution is -2.46. The molecule has 2 atom stereocenters. The Kier molecular flexibility index (Phi) is 3.93. The maximum absolute atomic E-state index is 14.0. The zero-order valence-electron chi connectivity index (χ0n) is 12.3. The van der Waals surface area contributed by atoms with Crippen LogP contribution in [-0.4, -0.2) is 19.1 Å². The van der Waals surface area contributed by atoms with Crippen molar-refractivity contribution in [1.82, 2.24) is 0 Å². The van der Waals surface area contributed by atoms with E-state index < -0.39 is 0 Å². The predicted octanol–water partition coefficient (Wildman–Crippen LogP) is 3.46. The van der Waals surface area contributed by atoms with Gasteiger partial charge in [-0.2, -0.15) is 0 Å². The Bertz CT molecular complexity index is 626. The van der Waals surface area contributed by atoms with Crippen LogP contribution in [0.15, 0.2) is 48.5 Å². The highest BCUT2D eigenvalue weighted by Gasteiger charge is 2.27. The fraction of sp³-hybridized carbons (Fsp3) is 0.333. The normalized spacial score (nSPS) is 22.3. The molecular formula is C18H21FN2. The molecule has 2 aromatic rings. The largest absolute Gasteiger partial charge is 0.367 e. The van der Waals surface area contributed by atoms with Crippen LogP contribution in [0.4, 0.5) is 10.1 Å². The van der Waals surface area contributed by atoms with Crippen molar-refractivity contribution in [3.8, 4) is 0 Å². The van der Waals surface area contributed by atoms with E-state index in [1.165, 1.54) is 17.2 Å². The Morgan fingerprint density at radius 2 is 1.90 bits per heavy atom. The number of nitrogens with zero attached hydrogens (tertiary/aromatic N) is 1. The van der Waals surface area contributed by atoms with Crippen LogP contribution < -0.4 is 10.6 Å². The third-order valence-corrected chi connectivity index (χ3v) is 4.19. The van der Waals surface area contributed by atoms with Crippen molar-refractivity contribution in [2.45, 2.75) is 25.3 Å². The molecule has 2 unspecified atom stereocenters. The molecule has 2 N–H and O–H groups in total. The van der Waals surface area contributed by atoms with Crippen molar-refractivity contribution in [2.24, 2.45) is 5.73 Å². The summed E-state index contributed by atoms with van der Waals surface area (Å²) in [6.07, 6.45) is 0.953. The van der Waals surface area contributed by atoms with Crippen LogP contribution in [0.1, 0.15) is 23.5 Å². The smallest absolute Gasteiger partial charge is 0.146 e. The highest BCUT2D eigenvalue weighted by molar-refractivity contribution is 5.49. The van der Waals surface area contributed by atoms with Gasteiger partial charge in [-0.05, 0) is 31.0 Å². The summed E-state index contributed by atoms with van der Waals surface area (Å²) in [4.78, 5) is 2.08. The number of benzene rings is 2. The third kappa shape index (κ3) is 3.08. The topological polar surface area (TPSA) is 29.3 Å². The molecule has 1 saturated heterocycles. The molecule has 0 amide bonds. The number of piperidine rings is 1. The van der Waals surface area contributed by atoms with Crippen molar-refractivity contribution < 1.29 is 4.39 Å². The SMILES string of the molecule is Cc1cccc(C2CC(N)CN(c3ccccc3F)C2)c1. The minimum absolute atomic E-state index is 0.0730. The zero-order valence-corrected chi connectivity index (χ0v) is 12.3. The molecule has 1 fully saturated rings. The van der Waals surface area contributed by atoms with Gasteiger partial charge in [0, 0.05) is 25.0 Å². The summed E-state index contributed by atoms with van der Waals surface area (Å²) < 4.78 is 14.0. The third-order valence-electron chi connectivity index (χ3n) is 4.19. The Morgan fingerprint density at radius 3 is 2.67 bits per heavy atom. The molecule has 0 bridgehead atoms. The zero-order chi connectivity index (χ0) is 14.8. The highest BCUT2D eigenvalue weighted by atomic mass is 19.1. The lowest BCUT2D eigenvalue weighted by Gasteiger charge is -2.38. The quantitative estimate of drug-likeness (QED) is 0.915. The van der Waals surface area contributed by atoms with E-state index in [0.717, 1.165) is 13.0 Å². The molecule has 0 radical (unpaired) electrons. The van der Waals surface area contributed by atoms with E-state index in [2.05, 4.69) is 36.1 Å². The average molecular weight is 284 g/mol. The average Bonchev–Trinajstić information content (AvgIpc) is 2.47. The Morgan fingerprint density at radius 1 is 1.10 bits per heavy atom. The second-order valence-corrected chi connectivity index (χ2v) is 5.96. The standard InChI is InChI=1S/C18H21FN2/c1-13-5-4-6-14(9-13)15-10-16(20)12-21(11-15)18-8-3-2-7-17(18)19/h2-9,15-16H,10-12,20H2,1H3. The number of nitrogens with two attached hydrogens (primary N) is 1. The van der Waals surface area contributed by atoms with Gasteiger partial charge in [-0.15, -0.1) is 0 Å². The number of rotatable bonds is 2. The van der Waals surface area contributed by atoms with Gasteiger partial charge in [0.1, 0.15) is 5.82 Å². The van der Waals surface area contributed by atoms with Crippen LogP contribution in [-0.2, 0) is 0 Å². The van der Waals surface area contributed by atoms with Gasteiger partial charge in [-0.1, -0.05) is 42.0 Å². The first-order valence-electron chi connectivity index (χ1n) is 7.45. The van der Waals surface area contributed by atoms with Gasteiger partial charge < -0.3 is 10.6 Å². The molecule has 2 aromatic carbocycles. The number of anilines is 1. The van der Waals surface area contributed by atoms with Gasteiger partial charge in [0.25, 0.3) is 0 Å². The first kappa shape index (κ1) is 14.1. The van der Waals surface area contributed by atoms with E-state index in [1.54, 1.807) is 6.07 Å². The van der Waals surface area contributed by atoms with Gasteiger partial charge in [-0.3, -0.25) is 0 Å². The van der Waals surface area contributed by atoms with Crippen LogP contribution in [0.5, 0.6) is 0 Å². The van der Waals surface area contributed by atoms with E-state index in [-0.39, 0.29) is 11.9 Å². The molecule has 0 aliphatic carbocycles. The summed E-state index contributed by atoms with van der Waals surface area (Å²) in [6.45, 7) is 3.63. The molecule has 3 rings (SSSR count). The molecular weight excluding hydrogens is 263 g/mol. The second-order valence-electron chi connectivity index (χ2n) is 5.96. The first-order chi connectivity index (χ1) is 10.1.